The molecule has 0 atom stereocenters. The number of carbonyl (C=O) groups excluding carboxylic acids is 1. The third-order valence-electron chi connectivity index (χ3n) is 2.35. The second kappa shape index (κ2) is 6.79. The Kier molecular flexibility index (Phi) is 5.37. The van der Waals surface area contributed by atoms with Crippen LogP contribution in [0.25, 0.3) is 0 Å². The summed E-state index contributed by atoms with van der Waals surface area (Å²) in [6, 6.07) is 11.7. The zero-order valence-electron chi connectivity index (χ0n) is 11.7. The Bertz CT molecular complexity index is 443. The van der Waals surface area contributed by atoms with Crippen molar-refractivity contribution in [2.45, 2.75) is 32.8 Å². The zero-order valence-corrected chi connectivity index (χ0v) is 11.7. The smallest absolute Gasteiger partial charge is 0.326 e. The Balaban J connectivity index is 2.71. The molecule has 4 nitrogen and oxygen atoms in total. The molecule has 0 aromatic heterocycles. The Hall–Kier alpha value is -2.02. The van der Waals surface area contributed by atoms with Crippen molar-refractivity contribution in [3.05, 3.63) is 30.3 Å². The molecule has 1 rings (SSSR count). The summed E-state index contributed by atoms with van der Waals surface area (Å²) in [5.41, 5.74) is 0.429. The van der Waals surface area contributed by atoms with Gasteiger partial charge in [-0.25, -0.2) is 0 Å². The highest BCUT2D eigenvalue weighted by atomic mass is 16.6. The first-order valence-corrected chi connectivity index (χ1v) is 6.31. The highest BCUT2D eigenvalue weighted by Crippen LogP contribution is 2.15. The lowest BCUT2D eigenvalue weighted by Crippen LogP contribution is -2.35. The largest absolute Gasteiger partial charge is 0.459 e. The number of carbonyl (C=O) groups is 1. The molecule has 0 saturated carbocycles. The fraction of sp³-hybridized carbons (Fsp3) is 0.467. The van der Waals surface area contributed by atoms with Crippen molar-refractivity contribution in [1.82, 2.24) is 0 Å². The molecule has 0 heterocycles. The van der Waals surface area contributed by atoms with Gasteiger partial charge in [-0.1, -0.05) is 18.2 Å². The van der Waals surface area contributed by atoms with E-state index in [4.69, 9.17) is 10.00 Å². The van der Waals surface area contributed by atoms with Crippen LogP contribution in [-0.4, -0.2) is 24.7 Å². The predicted octanol–water partition coefficient (Wildman–Crippen LogP) is 2.75. The molecule has 0 aliphatic rings. The lowest BCUT2D eigenvalue weighted by atomic mass is 10.2. The summed E-state index contributed by atoms with van der Waals surface area (Å²) in [5.74, 6) is -0.283. The van der Waals surface area contributed by atoms with Crippen LogP contribution in [0.1, 0.15) is 27.2 Å². The number of hydrogen-bond acceptors (Lipinski definition) is 4. The van der Waals surface area contributed by atoms with E-state index in [0.717, 1.165) is 5.69 Å². The van der Waals surface area contributed by atoms with Crippen LogP contribution >= 0.6 is 0 Å². The average molecular weight is 260 g/mol. The molecule has 0 fully saturated rings. The molecule has 0 amide bonds. The van der Waals surface area contributed by atoms with Gasteiger partial charge in [0.05, 0.1) is 12.5 Å². The summed E-state index contributed by atoms with van der Waals surface area (Å²) >= 11 is 0. The van der Waals surface area contributed by atoms with Crippen molar-refractivity contribution in [3.8, 4) is 6.07 Å². The highest BCUT2D eigenvalue weighted by Gasteiger charge is 2.19. The van der Waals surface area contributed by atoms with Crippen LogP contribution in [0.4, 0.5) is 5.69 Å². The van der Waals surface area contributed by atoms with Gasteiger partial charge in [-0.15, -0.1) is 0 Å². The van der Waals surface area contributed by atoms with E-state index in [9.17, 15) is 4.79 Å². The summed E-state index contributed by atoms with van der Waals surface area (Å²) in [5, 5.41) is 8.69. The number of anilines is 1. The molecular weight excluding hydrogens is 240 g/mol. The maximum Gasteiger partial charge on any atom is 0.326 e. The van der Waals surface area contributed by atoms with Crippen LogP contribution in [-0.2, 0) is 9.53 Å². The lowest BCUT2D eigenvalue weighted by molar-refractivity contribution is -0.153. The SMILES string of the molecule is CC(C)(C)OC(=O)CN(CCC#N)c1ccccc1. The molecule has 0 spiro atoms. The molecule has 1 aromatic rings. The number of esters is 1. The number of para-hydroxylation sites is 1. The molecule has 0 bridgehead atoms. The normalized spacial score (nSPS) is 10.6. The molecular formula is C15H20N2O2. The summed E-state index contributed by atoms with van der Waals surface area (Å²) in [6.07, 6.45) is 0.373. The van der Waals surface area contributed by atoms with Gasteiger partial charge in [-0.2, -0.15) is 5.26 Å². The Morgan fingerprint density at radius 3 is 2.47 bits per heavy atom. The number of nitriles is 1. The van der Waals surface area contributed by atoms with Crippen molar-refractivity contribution in [1.29, 1.82) is 5.26 Å². The van der Waals surface area contributed by atoms with Crippen molar-refractivity contribution in [2.24, 2.45) is 0 Å². The van der Waals surface area contributed by atoms with Crippen LogP contribution in [0.5, 0.6) is 0 Å². The van der Waals surface area contributed by atoms with Gasteiger partial charge in [0, 0.05) is 12.2 Å². The molecule has 102 valence electrons. The van der Waals surface area contributed by atoms with E-state index < -0.39 is 5.60 Å². The van der Waals surface area contributed by atoms with Crippen LogP contribution in [0, 0.1) is 11.3 Å². The third-order valence-corrected chi connectivity index (χ3v) is 2.35. The molecule has 0 saturated heterocycles. The average Bonchev–Trinajstić information content (AvgIpc) is 2.33. The van der Waals surface area contributed by atoms with Gasteiger partial charge in [-0.3, -0.25) is 4.79 Å². The van der Waals surface area contributed by atoms with E-state index in [2.05, 4.69) is 6.07 Å². The van der Waals surface area contributed by atoms with Gasteiger partial charge in [-0.05, 0) is 32.9 Å². The first-order chi connectivity index (χ1) is 8.92. The maximum absolute atomic E-state index is 11.9. The second-order valence-electron chi connectivity index (χ2n) is 5.25. The van der Waals surface area contributed by atoms with Crippen molar-refractivity contribution in [2.75, 3.05) is 18.0 Å². The van der Waals surface area contributed by atoms with E-state index in [-0.39, 0.29) is 12.5 Å². The Morgan fingerprint density at radius 1 is 1.32 bits per heavy atom. The summed E-state index contributed by atoms with van der Waals surface area (Å²) in [4.78, 5) is 13.7. The monoisotopic (exact) mass is 260 g/mol. The zero-order chi connectivity index (χ0) is 14.3. The molecule has 4 heteroatoms. The minimum atomic E-state index is -0.491. The van der Waals surface area contributed by atoms with E-state index in [0.29, 0.717) is 13.0 Å². The predicted molar refractivity (Wildman–Crippen MR) is 74.7 cm³/mol. The van der Waals surface area contributed by atoms with Crippen molar-refractivity contribution >= 4 is 11.7 Å². The van der Waals surface area contributed by atoms with Gasteiger partial charge in [0.1, 0.15) is 12.1 Å². The minimum Gasteiger partial charge on any atom is -0.459 e. The fourth-order valence-corrected chi connectivity index (χ4v) is 1.65. The van der Waals surface area contributed by atoms with Crippen molar-refractivity contribution in [3.63, 3.8) is 0 Å². The molecule has 0 aliphatic heterocycles. The topological polar surface area (TPSA) is 53.3 Å². The van der Waals surface area contributed by atoms with Gasteiger partial charge in [0.2, 0.25) is 0 Å². The first-order valence-electron chi connectivity index (χ1n) is 6.31. The van der Waals surface area contributed by atoms with Gasteiger partial charge in [0.25, 0.3) is 0 Å². The van der Waals surface area contributed by atoms with Crippen LogP contribution in [0.3, 0.4) is 0 Å². The number of rotatable bonds is 5. The molecule has 0 N–H and O–H groups in total. The molecule has 0 radical (unpaired) electrons. The van der Waals surface area contributed by atoms with Gasteiger partial charge in [0.15, 0.2) is 0 Å². The van der Waals surface area contributed by atoms with Crippen LogP contribution < -0.4 is 4.90 Å². The lowest BCUT2D eigenvalue weighted by Gasteiger charge is -2.26. The number of benzene rings is 1. The van der Waals surface area contributed by atoms with Crippen LogP contribution in [0.2, 0.25) is 0 Å². The summed E-state index contributed by atoms with van der Waals surface area (Å²) in [7, 11) is 0. The number of nitrogens with zero attached hydrogens (tertiary/aromatic N) is 2. The summed E-state index contributed by atoms with van der Waals surface area (Å²) < 4.78 is 5.31. The standard InChI is InChI=1S/C15H20N2O2/c1-15(2,3)19-14(18)12-17(11-7-10-16)13-8-5-4-6-9-13/h4-6,8-9H,7,11-12H2,1-3H3. The fourth-order valence-electron chi connectivity index (χ4n) is 1.65. The molecule has 0 aliphatic carbocycles. The van der Waals surface area contributed by atoms with Crippen molar-refractivity contribution < 1.29 is 9.53 Å². The maximum atomic E-state index is 11.9. The second-order valence-corrected chi connectivity index (χ2v) is 5.25. The molecule has 0 unspecified atom stereocenters. The Morgan fingerprint density at radius 2 is 1.95 bits per heavy atom. The Labute approximate surface area is 114 Å². The van der Waals surface area contributed by atoms with E-state index >= 15 is 0 Å². The molecule has 19 heavy (non-hydrogen) atoms. The molecule has 1 aromatic carbocycles. The van der Waals surface area contributed by atoms with Crippen LogP contribution in [0.15, 0.2) is 30.3 Å². The van der Waals surface area contributed by atoms with E-state index in [1.54, 1.807) is 0 Å². The summed E-state index contributed by atoms with van der Waals surface area (Å²) in [6.45, 7) is 6.19. The minimum absolute atomic E-state index is 0.156. The van der Waals surface area contributed by atoms with Gasteiger partial charge < -0.3 is 9.64 Å². The van der Waals surface area contributed by atoms with E-state index in [1.807, 2.05) is 56.0 Å². The number of hydrogen-bond donors (Lipinski definition) is 0. The third kappa shape index (κ3) is 5.91. The first kappa shape index (κ1) is 15.0. The highest BCUT2D eigenvalue weighted by molar-refractivity contribution is 5.76. The van der Waals surface area contributed by atoms with E-state index in [1.165, 1.54) is 0 Å². The quantitative estimate of drug-likeness (QED) is 0.764. The van der Waals surface area contributed by atoms with Gasteiger partial charge >= 0.3 is 5.97 Å². The number of ether oxygens (including phenoxy) is 1.